The lowest BCUT2D eigenvalue weighted by molar-refractivity contribution is -0.143. The van der Waals surface area contributed by atoms with Gasteiger partial charge in [-0.3, -0.25) is 14.7 Å². The van der Waals surface area contributed by atoms with Crippen molar-refractivity contribution in [1.82, 2.24) is 15.1 Å². The Morgan fingerprint density at radius 3 is 2.68 bits per heavy atom. The van der Waals surface area contributed by atoms with Gasteiger partial charge in [0.1, 0.15) is 6.54 Å². The van der Waals surface area contributed by atoms with E-state index in [4.69, 9.17) is 10.5 Å². The van der Waals surface area contributed by atoms with Crippen molar-refractivity contribution < 1.29 is 14.3 Å². The van der Waals surface area contributed by atoms with Gasteiger partial charge in [0.2, 0.25) is 0 Å². The second-order valence-corrected chi connectivity index (χ2v) is 4.18. The first kappa shape index (κ1) is 15.0. The van der Waals surface area contributed by atoms with Crippen LogP contribution in [0.4, 0.5) is 5.69 Å². The van der Waals surface area contributed by atoms with Crippen LogP contribution < -0.4 is 5.73 Å². The molecule has 0 spiro atoms. The summed E-state index contributed by atoms with van der Waals surface area (Å²) in [5.74, 6) is -0.856. The molecule has 0 aliphatic rings. The van der Waals surface area contributed by atoms with Gasteiger partial charge in [-0.2, -0.15) is 5.10 Å². The van der Waals surface area contributed by atoms with Crippen LogP contribution in [0.2, 0.25) is 0 Å². The third kappa shape index (κ3) is 3.70. The van der Waals surface area contributed by atoms with Crippen LogP contribution in [-0.4, -0.2) is 47.2 Å². The van der Waals surface area contributed by atoms with E-state index >= 15 is 0 Å². The van der Waals surface area contributed by atoms with Crippen LogP contribution in [0.1, 0.15) is 36.5 Å². The maximum Gasteiger partial charge on any atom is 0.325 e. The summed E-state index contributed by atoms with van der Waals surface area (Å²) < 4.78 is 4.78. The molecule has 19 heavy (non-hydrogen) atoms. The van der Waals surface area contributed by atoms with Crippen LogP contribution in [0.25, 0.3) is 0 Å². The maximum absolute atomic E-state index is 12.1. The van der Waals surface area contributed by atoms with Crippen molar-refractivity contribution in [2.24, 2.45) is 0 Å². The quantitative estimate of drug-likeness (QED) is 0.735. The van der Waals surface area contributed by atoms with E-state index in [0.717, 1.165) is 18.5 Å². The second-order valence-electron chi connectivity index (χ2n) is 4.18. The first-order valence-electron chi connectivity index (χ1n) is 6.25. The van der Waals surface area contributed by atoms with E-state index in [9.17, 15) is 9.59 Å². The molecular weight excluding hydrogens is 248 g/mol. The molecule has 7 nitrogen and oxygen atoms in total. The van der Waals surface area contributed by atoms with E-state index in [1.807, 2.05) is 6.92 Å². The largest absolute Gasteiger partial charge is 0.465 e. The number of anilines is 1. The molecule has 1 aromatic rings. The molecule has 1 rings (SSSR count). The first-order valence-corrected chi connectivity index (χ1v) is 6.25. The monoisotopic (exact) mass is 268 g/mol. The molecule has 0 saturated carbocycles. The average molecular weight is 268 g/mol. The average Bonchev–Trinajstić information content (AvgIpc) is 2.71. The molecule has 3 N–H and O–H groups in total. The minimum atomic E-state index is -0.457. The van der Waals surface area contributed by atoms with Crippen molar-refractivity contribution in [2.75, 3.05) is 25.9 Å². The SMILES string of the molecule is CCCc1[nH]nc(C(=O)N(C)CC(=O)OCC)c1N. The van der Waals surface area contributed by atoms with Crippen molar-refractivity contribution in [3.05, 3.63) is 11.4 Å². The molecule has 1 aromatic heterocycles. The number of aryl methyl sites for hydroxylation is 1. The van der Waals surface area contributed by atoms with Crippen molar-refractivity contribution in [1.29, 1.82) is 0 Å². The molecule has 0 unspecified atom stereocenters. The number of aromatic amines is 1. The Labute approximate surface area is 112 Å². The minimum Gasteiger partial charge on any atom is -0.465 e. The van der Waals surface area contributed by atoms with Gasteiger partial charge in [-0.1, -0.05) is 13.3 Å². The summed E-state index contributed by atoms with van der Waals surface area (Å²) in [6.45, 7) is 3.88. The highest BCUT2D eigenvalue weighted by Gasteiger charge is 2.22. The highest BCUT2D eigenvalue weighted by atomic mass is 16.5. The van der Waals surface area contributed by atoms with Crippen molar-refractivity contribution in [2.45, 2.75) is 26.7 Å². The molecule has 0 saturated heterocycles. The number of aromatic nitrogens is 2. The van der Waals surface area contributed by atoms with Crippen LogP contribution in [0.15, 0.2) is 0 Å². The van der Waals surface area contributed by atoms with Crippen LogP contribution >= 0.6 is 0 Å². The topological polar surface area (TPSA) is 101 Å². The van der Waals surface area contributed by atoms with Gasteiger partial charge in [0.25, 0.3) is 5.91 Å². The molecule has 0 bridgehead atoms. The summed E-state index contributed by atoms with van der Waals surface area (Å²) in [6, 6.07) is 0. The van der Waals surface area contributed by atoms with Crippen LogP contribution in [0, 0.1) is 0 Å². The lowest BCUT2D eigenvalue weighted by Gasteiger charge is -2.14. The predicted molar refractivity (Wildman–Crippen MR) is 70.6 cm³/mol. The fraction of sp³-hybridized carbons (Fsp3) is 0.583. The van der Waals surface area contributed by atoms with Gasteiger partial charge in [-0.05, 0) is 13.3 Å². The van der Waals surface area contributed by atoms with E-state index in [1.165, 1.54) is 11.9 Å². The predicted octanol–water partition coefficient (Wildman–Crippen LogP) is 0.580. The fourth-order valence-corrected chi connectivity index (χ4v) is 1.64. The number of nitrogens with two attached hydrogens (primary N) is 1. The van der Waals surface area contributed by atoms with Crippen molar-refractivity contribution in [3.63, 3.8) is 0 Å². The van der Waals surface area contributed by atoms with Crippen LogP contribution in [0.5, 0.6) is 0 Å². The van der Waals surface area contributed by atoms with E-state index in [0.29, 0.717) is 5.69 Å². The summed E-state index contributed by atoms with van der Waals surface area (Å²) in [6.07, 6.45) is 1.63. The van der Waals surface area contributed by atoms with Crippen LogP contribution in [0.3, 0.4) is 0 Å². The molecule has 1 heterocycles. The Morgan fingerprint density at radius 1 is 1.42 bits per heavy atom. The minimum absolute atomic E-state index is 0.123. The van der Waals surface area contributed by atoms with E-state index in [2.05, 4.69) is 10.2 Å². The van der Waals surface area contributed by atoms with Gasteiger partial charge in [0.05, 0.1) is 18.0 Å². The molecule has 1 amide bonds. The first-order chi connectivity index (χ1) is 9.01. The number of hydrogen-bond donors (Lipinski definition) is 2. The molecule has 0 aliphatic carbocycles. The standard InChI is InChI=1S/C12H20N4O3/c1-4-6-8-10(13)11(15-14-8)12(18)16(3)7-9(17)19-5-2/h4-7,13H2,1-3H3,(H,14,15). The Balaban J connectivity index is 2.74. The zero-order valence-electron chi connectivity index (χ0n) is 11.5. The number of nitrogens with zero attached hydrogens (tertiary/aromatic N) is 2. The number of carbonyl (C=O) groups is 2. The van der Waals surface area contributed by atoms with E-state index < -0.39 is 11.9 Å². The summed E-state index contributed by atoms with van der Waals surface area (Å²) >= 11 is 0. The molecule has 106 valence electrons. The number of amides is 1. The van der Waals surface area contributed by atoms with Gasteiger partial charge < -0.3 is 15.4 Å². The zero-order valence-corrected chi connectivity index (χ0v) is 11.5. The maximum atomic E-state index is 12.1. The number of ether oxygens (including phenoxy) is 1. The van der Waals surface area contributed by atoms with Gasteiger partial charge in [-0.15, -0.1) is 0 Å². The van der Waals surface area contributed by atoms with Crippen molar-refractivity contribution in [3.8, 4) is 0 Å². The number of likely N-dealkylation sites (N-methyl/N-ethyl adjacent to an activating group) is 1. The van der Waals surface area contributed by atoms with Gasteiger partial charge in [0, 0.05) is 7.05 Å². The summed E-state index contributed by atoms with van der Waals surface area (Å²) in [5.41, 5.74) is 7.10. The normalized spacial score (nSPS) is 10.3. The van der Waals surface area contributed by atoms with Gasteiger partial charge in [-0.25, -0.2) is 0 Å². The third-order valence-electron chi connectivity index (χ3n) is 2.60. The Hall–Kier alpha value is -2.05. The Morgan fingerprint density at radius 2 is 2.11 bits per heavy atom. The molecule has 0 aromatic carbocycles. The molecule has 0 atom stereocenters. The highest BCUT2D eigenvalue weighted by molar-refractivity contribution is 5.98. The lowest BCUT2D eigenvalue weighted by atomic mass is 10.2. The molecule has 0 fully saturated rings. The molecular formula is C12H20N4O3. The number of nitrogens with one attached hydrogen (secondary N) is 1. The summed E-state index contributed by atoms with van der Waals surface area (Å²) in [7, 11) is 1.51. The number of rotatable bonds is 6. The number of esters is 1. The Kier molecular flexibility index (Phi) is 5.35. The molecule has 0 radical (unpaired) electrons. The molecule has 0 aliphatic heterocycles. The fourth-order valence-electron chi connectivity index (χ4n) is 1.64. The highest BCUT2D eigenvalue weighted by Crippen LogP contribution is 2.16. The second kappa shape index (κ2) is 6.77. The van der Waals surface area contributed by atoms with E-state index in [1.54, 1.807) is 6.92 Å². The number of H-pyrrole nitrogens is 1. The number of nitrogen functional groups attached to an aromatic ring is 1. The van der Waals surface area contributed by atoms with Crippen molar-refractivity contribution >= 4 is 17.6 Å². The summed E-state index contributed by atoms with van der Waals surface area (Å²) in [4.78, 5) is 24.6. The number of carbonyl (C=O) groups excluding carboxylic acids is 2. The van der Waals surface area contributed by atoms with Gasteiger partial charge >= 0.3 is 5.97 Å². The van der Waals surface area contributed by atoms with E-state index in [-0.39, 0.29) is 18.8 Å². The smallest absolute Gasteiger partial charge is 0.325 e. The summed E-state index contributed by atoms with van der Waals surface area (Å²) in [5, 5.41) is 6.67. The van der Waals surface area contributed by atoms with Crippen LogP contribution in [-0.2, 0) is 16.0 Å². The Bertz CT molecular complexity index is 456. The lowest BCUT2D eigenvalue weighted by Crippen LogP contribution is -2.33. The third-order valence-corrected chi connectivity index (χ3v) is 2.60. The number of hydrogen-bond acceptors (Lipinski definition) is 5. The molecule has 7 heteroatoms. The zero-order chi connectivity index (χ0) is 14.4. The van der Waals surface area contributed by atoms with Gasteiger partial charge in [0.15, 0.2) is 5.69 Å².